The Hall–Kier alpha value is -1.35. The van der Waals surface area contributed by atoms with Crippen molar-refractivity contribution < 1.29 is 0 Å². The molecule has 2 nitrogen and oxygen atoms in total. The van der Waals surface area contributed by atoms with Gasteiger partial charge in [-0.2, -0.15) is 0 Å². The SMILES string of the molecule is CCN(c1ccc(C)cc1)c1ncc(CBr)cc1C. The Bertz CT molecular complexity index is 549. The zero-order valence-electron chi connectivity index (χ0n) is 11.7. The molecule has 3 heteroatoms. The molecule has 1 heterocycles. The molecule has 0 unspecified atom stereocenters. The summed E-state index contributed by atoms with van der Waals surface area (Å²) in [7, 11) is 0. The van der Waals surface area contributed by atoms with Crippen LogP contribution >= 0.6 is 15.9 Å². The van der Waals surface area contributed by atoms with Gasteiger partial charge in [-0.3, -0.25) is 0 Å². The van der Waals surface area contributed by atoms with Crippen LogP contribution in [-0.2, 0) is 5.33 Å². The molecule has 2 aromatic rings. The maximum atomic E-state index is 4.61. The number of aryl methyl sites for hydroxylation is 2. The second-order valence-electron chi connectivity index (χ2n) is 4.70. The van der Waals surface area contributed by atoms with Gasteiger partial charge in [-0.15, -0.1) is 0 Å². The first kappa shape index (κ1) is 14.1. The molecule has 0 fully saturated rings. The molecule has 0 saturated heterocycles. The van der Waals surface area contributed by atoms with E-state index in [1.54, 1.807) is 0 Å². The van der Waals surface area contributed by atoms with Crippen LogP contribution < -0.4 is 4.90 Å². The van der Waals surface area contributed by atoms with Crippen molar-refractivity contribution in [3.8, 4) is 0 Å². The molecule has 0 bridgehead atoms. The molecule has 19 heavy (non-hydrogen) atoms. The highest BCUT2D eigenvalue weighted by Crippen LogP contribution is 2.27. The predicted octanol–water partition coefficient (Wildman–Crippen LogP) is 4.75. The third kappa shape index (κ3) is 3.16. The van der Waals surface area contributed by atoms with Gasteiger partial charge in [-0.25, -0.2) is 4.98 Å². The number of nitrogens with zero attached hydrogens (tertiary/aromatic N) is 2. The molecule has 100 valence electrons. The topological polar surface area (TPSA) is 16.1 Å². The van der Waals surface area contributed by atoms with Crippen molar-refractivity contribution in [1.82, 2.24) is 4.98 Å². The van der Waals surface area contributed by atoms with E-state index in [-0.39, 0.29) is 0 Å². The van der Waals surface area contributed by atoms with Gasteiger partial charge in [0.1, 0.15) is 5.82 Å². The van der Waals surface area contributed by atoms with Crippen molar-refractivity contribution in [1.29, 1.82) is 0 Å². The number of anilines is 2. The van der Waals surface area contributed by atoms with Gasteiger partial charge in [-0.05, 0) is 44.0 Å². The van der Waals surface area contributed by atoms with Gasteiger partial charge in [-0.1, -0.05) is 39.7 Å². The van der Waals surface area contributed by atoms with E-state index in [0.29, 0.717) is 0 Å². The Labute approximate surface area is 123 Å². The number of hydrogen-bond acceptors (Lipinski definition) is 2. The first-order valence-electron chi connectivity index (χ1n) is 6.51. The molecule has 0 radical (unpaired) electrons. The number of benzene rings is 1. The van der Waals surface area contributed by atoms with E-state index in [9.17, 15) is 0 Å². The van der Waals surface area contributed by atoms with Gasteiger partial charge in [0.2, 0.25) is 0 Å². The lowest BCUT2D eigenvalue weighted by atomic mass is 10.1. The van der Waals surface area contributed by atoms with Crippen LogP contribution in [0.4, 0.5) is 11.5 Å². The summed E-state index contributed by atoms with van der Waals surface area (Å²) in [5.74, 6) is 1.04. The van der Waals surface area contributed by atoms with E-state index in [1.165, 1.54) is 22.4 Å². The Kier molecular flexibility index (Phi) is 4.59. The summed E-state index contributed by atoms with van der Waals surface area (Å²) in [6, 6.07) is 10.8. The second-order valence-corrected chi connectivity index (χ2v) is 5.26. The van der Waals surface area contributed by atoms with E-state index < -0.39 is 0 Å². The molecule has 0 amide bonds. The Morgan fingerprint density at radius 1 is 1.16 bits per heavy atom. The van der Waals surface area contributed by atoms with Crippen LogP contribution in [0.1, 0.15) is 23.6 Å². The van der Waals surface area contributed by atoms with Gasteiger partial charge in [0, 0.05) is 23.8 Å². The number of pyridine rings is 1. The quantitative estimate of drug-likeness (QED) is 0.756. The number of aromatic nitrogens is 1. The number of rotatable bonds is 4. The average Bonchev–Trinajstić information content (AvgIpc) is 2.43. The summed E-state index contributed by atoms with van der Waals surface area (Å²) in [4.78, 5) is 6.86. The Morgan fingerprint density at radius 2 is 1.84 bits per heavy atom. The normalized spacial score (nSPS) is 10.5. The van der Waals surface area contributed by atoms with Crippen LogP contribution in [-0.4, -0.2) is 11.5 Å². The van der Waals surface area contributed by atoms with Crippen LogP contribution in [0.2, 0.25) is 0 Å². The van der Waals surface area contributed by atoms with Crippen molar-refractivity contribution >= 4 is 27.4 Å². The lowest BCUT2D eigenvalue weighted by Crippen LogP contribution is -2.18. The van der Waals surface area contributed by atoms with Crippen LogP contribution in [0.25, 0.3) is 0 Å². The molecular formula is C16H19BrN2. The van der Waals surface area contributed by atoms with Crippen molar-refractivity contribution in [2.75, 3.05) is 11.4 Å². The molecule has 0 spiro atoms. The molecule has 0 saturated carbocycles. The lowest BCUT2D eigenvalue weighted by Gasteiger charge is -2.24. The van der Waals surface area contributed by atoms with Crippen LogP contribution in [0.3, 0.4) is 0 Å². The van der Waals surface area contributed by atoms with Gasteiger partial charge in [0.15, 0.2) is 0 Å². The zero-order chi connectivity index (χ0) is 13.8. The van der Waals surface area contributed by atoms with Crippen molar-refractivity contribution in [3.05, 3.63) is 53.2 Å². The van der Waals surface area contributed by atoms with E-state index in [2.05, 4.69) is 76.9 Å². The highest BCUT2D eigenvalue weighted by Gasteiger charge is 2.11. The third-order valence-electron chi connectivity index (χ3n) is 3.18. The smallest absolute Gasteiger partial charge is 0.135 e. The molecule has 0 aliphatic rings. The highest BCUT2D eigenvalue weighted by molar-refractivity contribution is 9.08. The molecule has 0 aliphatic carbocycles. The highest BCUT2D eigenvalue weighted by atomic mass is 79.9. The van der Waals surface area contributed by atoms with Crippen LogP contribution in [0, 0.1) is 13.8 Å². The minimum atomic E-state index is 0.845. The van der Waals surface area contributed by atoms with Gasteiger partial charge >= 0.3 is 0 Å². The van der Waals surface area contributed by atoms with Gasteiger partial charge in [0.05, 0.1) is 0 Å². The van der Waals surface area contributed by atoms with Crippen molar-refractivity contribution in [3.63, 3.8) is 0 Å². The average molecular weight is 319 g/mol. The maximum absolute atomic E-state index is 4.61. The van der Waals surface area contributed by atoms with Crippen LogP contribution in [0.5, 0.6) is 0 Å². The predicted molar refractivity (Wildman–Crippen MR) is 85.5 cm³/mol. The van der Waals surface area contributed by atoms with E-state index >= 15 is 0 Å². The summed E-state index contributed by atoms with van der Waals surface area (Å²) in [5, 5.41) is 0.845. The summed E-state index contributed by atoms with van der Waals surface area (Å²) >= 11 is 3.47. The van der Waals surface area contributed by atoms with Crippen molar-refractivity contribution in [2.45, 2.75) is 26.1 Å². The molecule has 0 aliphatic heterocycles. The number of hydrogen-bond donors (Lipinski definition) is 0. The Balaban J connectivity index is 2.39. The molecule has 2 rings (SSSR count). The molecule has 1 aromatic heterocycles. The number of alkyl halides is 1. The van der Waals surface area contributed by atoms with Gasteiger partial charge in [0.25, 0.3) is 0 Å². The minimum Gasteiger partial charge on any atom is -0.326 e. The summed E-state index contributed by atoms with van der Waals surface area (Å²) in [6.07, 6.45) is 1.94. The van der Waals surface area contributed by atoms with Gasteiger partial charge < -0.3 is 4.90 Å². The summed E-state index contributed by atoms with van der Waals surface area (Å²) in [5.41, 5.74) is 4.88. The summed E-state index contributed by atoms with van der Waals surface area (Å²) < 4.78 is 0. The second kappa shape index (κ2) is 6.20. The van der Waals surface area contributed by atoms with Crippen LogP contribution in [0.15, 0.2) is 36.5 Å². The lowest BCUT2D eigenvalue weighted by molar-refractivity contribution is 0.974. The molecular weight excluding hydrogens is 300 g/mol. The fourth-order valence-electron chi connectivity index (χ4n) is 2.16. The van der Waals surface area contributed by atoms with Crippen molar-refractivity contribution in [2.24, 2.45) is 0 Å². The van der Waals surface area contributed by atoms with E-state index in [4.69, 9.17) is 0 Å². The molecule has 0 atom stereocenters. The largest absolute Gasteiger partial charge is 0.326 e. The minimum absolute atomic E-state index is 0.845. The fourth-order valence-corrected chi connectivity index (χ4v) is 2.47. The van der Waals surface area contributed by atoms with E-state index in [0.717, 1.165) is 17.7 Å². The fraction of sp³-hybridized carbons (Fsp3) is 0.312. The maximum Gasteiger partial charge on any atom is 0.135 e. The zero-order valence-corrected chi connectivity index (χ0v) is 13.2. The summed E-state index contributed by atoms with van der Waals surface area (Å²) in [6.45, 7) is 7.28. The molecule has 1 aromatic carbocycles. The first-order valence-corrected chi connectivity index (χ1v) is 7.63. The Morgan fingerprint density at radius 3 is 2.37 bits per heavy atom. The first-order chi connectivity index (χ1) is 9.15. The standard InChI is InChI=1S/C16H19BrN2/c1-4-19(15-7-5-12(2)6-8-15)16-13(3)9-14(10-17)11-18-16/h5-9,11H,4,10H2,1-3H3. The van der Waals surface area contributed by atoms with E-state index in [1.807, 2.05) is 6.20 Å². The number of halogens is 1. The monoisotopic (exact) mass is 318 g/mol. The third-order valence-corrected chi connectivity index (χ3v) is 3.83. The molecule has 0 N–H and O–H groups in total.